The van der Waals surface area contributed by atoms with Crippen LogP contribution >= 0.6 is 0 Å². The van der Waals surface area contributed by atoms with E-state index < -0.39 is 33.4 Å². The van der Waals surface area contributed by atoms with Crippen LogP contribution < -0.4 is 4.72 Å². The standard InChI is InChI=1S/C15H21NO6S/c1-21-14(18)13(9-17)16-23(19,20)15(7-8-15)11-22-10-12-5-3-2-4-6-12/h2-6,13,16-17H,7-11H2,1H3/t13-/m0/s1. The number of sulfonamides is 1. The number of carbonyl (C=O) groups is 1. The summed E-state index contributed by atoms with van der Waals surface area (Å²) in [6.07, 6.45) is 0.910. The lowest BCUT2D eigenvalue weighted by molar-refractivity contribution is -0.143. The van der Waals surface area contributed by atoms with Crippen molar-refractivity contribution in [1.82, 2.24) is 4.72 Å². The molecule has 0 saturated heterocycles. The molecule has 0 aliphatic heterocycles. The molecule has 2 rings (SSSR count). The van der Waals surface area contributed by atoms with E-state index in [-0.39, 0.29) is 6.61 Å². The molecule has 0 aromatic heterocycles. The molecule has 0 unspecified atom stereocenters. The highest BCUT2D eigenvalue weighted by molar-refractivity contribution is 7.91. The average Bonchev–Trinajstić information content (AvgIpc) is 3.34. The summed E-state index contributed by atoms with van der Waals surface area (Å²) in [5.74, 6) is -0.822. The Morgan fingerprint density at radius 1 is 1.35 bits per heavy atom. The summed E-state index contributed by atoms with van der Waals surface area (Å²) in [5, 5.41) is 9.14. The summed E-state index contributed by atoms with van der Waals surface area (Å²) in [6, 6.07) is 8.15. The summed E-state index contributed by atoms with van der Waals surface area (Å²) < 4.78 is 36.0. The van der Waals surface area contributed by atoms with Crippen molar-refractivity contribution >= 4 is 16.0 Å². The predicted molar refractivity (Wildman–Crippen MR) is 83.0 cm³/mol. The Balaban J connectivity index is 1.94. The van der Waals surface area contributed by atoms with E-state index in [4.69, 9.17) is 9.84 Å². The molecule has 1 atom stereocenters. The first-order chi connectivity index (χ1) is 10.9. The van der Waals surface area contributed by atoms with E-state index in [0.717, 1.165) is 12.7 Å². The van der Waals surface area contributed by atoms with Crippen molar-refractivity contribution in [3.05, 3.63) is 35.9 Å². The van der Waals surface area contributed by atoms with Gasteiger partial charge in [-0.05, 0) is 18.4 Å². The summed E-state index contributed by atoms with van der Waals surface area (Å²) in [6.45, 7) is -0.304. The molecule has 0 spiro atoms. The number of methoxy groups -OCH3 is 1. The molecule has 1 aromatic rings. The van der Waals surface area contributed by atoms with Crippen LogP contribution in [0.2, 0.25) is 0 Å². The average molecular weight is 343 g/mol. The van der Waals surface area contributed by atoms with Crippen molar-refractivity contribution in [2.45, 2.75) is 30.2 Å². The molecule has 2 N–H and O–H groups in total. The molecular formula is C15H21NO6S. The Kier molecular flexibility index (Phi) is 5.74. The van der Waals surface area contributed by atoms with E-state index in [0.29, 0.717) is 19.4 Å². The number of aliphatic hydroxyl groups is 1. The van der Waals surface area contributed by atoms with Gasteiger partial charge in [-0.3, -0.25) is 4.79 Å². The van der Waals surface area contributed by atoms with Crippen molar-refractivity contribution in [3.63, 3.8) is 0 Å². The fourth-order valence-corrected chi connectivity index (χ4v) is 3.85. The Morgan fingerprint density at radius 2 is 2.00 bits per heavy atom. The van der Waals surface area contributed by atoms with Crippen LogP contribution in [0.15, 0.2) is 30.3 Å². The van der Waals surface area contributed by atoms with Gasteiger partial charge in [-0.25, -0.2) is 8.42 Å². The van der Waals surface area contributed by atoms with E-state index >= 15 is 0 Å². The number of ether oxygens (including phenoxy) is 2. The molecule has 1 aliphatic rings. The molecule has 1 fully saturated rings. The van der Waals surface area contributed by atoms with Crippen LogP contribution in [0.4, 0.5) is 0 Å². The molecule has 0 amide bonds. The van der Waals surface area contributed by atoms with Crippen molar-refractivity contribution in [2.24, 2.45) is 0 Å². The number of aliphatic hydroxyl groups excluding tert-OH is 1. The highest BCUT2D eigenvalue weighted by Crippen LogP contribution is 2.43. The van der Waals surface area contributed by atoms with Crippen LogP contribution in [-0.2, 0) is 30.9 Å². The number of hydrogen-bond donors (Lipinski definition) is 2. The van der Waals surface area contributed by atoms with Gasteiger partial charge in [-0.15, -0.1) is 0 Å². The number of carbonyl (C=O) groups excluding carboxylic acids is 1. The lowest BCUT2D eigenvalue weighted by Crippen LogP contribution is -2.49. The molecule has 23 heavy (non-hydrogen) atoms. The third-order valence-electron chi connectivity index (χ3n) is 3.82. The smallest absolute Gasteiger partial charge is 0.326 e. The minimum absolute atomic E-state index is 0.0382. The van der Waals surface area contributed by atoms with Gasteiger partial charge in [0.25, 0.3) is 0 Å². The van der Waals surface area contributed by atoms with Crippen molar-refractivity contribution < 1.29 is 27.8 Å². The van der Waals surface area contributed by atoms with Gasteiger partial charge in [0.15, 0.2) is 0 Å². The SMILES string of the molecule is COC(=O)[C@H](CO)NS(=O)(=O)C1(COCc2ccccc2)CC1. The van der Waals surface area contributed by atoms with E-state index in [1.807, 2.05) is 30.3 Å². The maximum absolute atomic E-state index is 12.4. The zero-order chi connectivity index (χ0) is 16.9. The van der Waals surface area contributed by atoms with Gasteiger partial charge in [0.2, 0.25) is 10.0 Å². The lowest BCUT2D eigenvalue weighted by atomic mass is 10.2. The molecule has 0 heterocycles. The third-order valence-corrected chi connectivity index (χ3v) is 6.08. The van der Waals surface area contributed by atoms with E-state index in [9.17, 15) is 13.2 Å². The van der Waals surface area contributed by atoms with Crippen LogP contribution in [0.3, 0.4) is 0 Å². The molecule has 128 valence electrons. The highest BCUT2D eigenvalue weighted by Gasteiger charge is 2.55. The predicted octanol–water partition coefficient (Wildman–Crippen LogP) is 0.189. The number of esters is 1. The highest BCUT2D eigenvalue weighted by atomic mass is 32.2. The molecule has 1 aromatic carbocycles. The van der Waals surface area contributed by atoms with E-state index in [1.165, 1.54) is 0 Å². The van der Waals surface area contributed by atoms with E-state index in [1.54, 1.807) is 0 Å². The second kappa shape index (κ2) is 7.39. The summed E-state index contributed by atoms with van der Waals surface area (Å²) >= 11 is 0. The second-order valence-electron chi connectivity index (χ2n) is 5.54. The maximum atomic E-state index is 12.4. The number of benzene rings is 1. The largest absolute Gasteiger partial charge is 0.468 e. The first-order valence-electron chi connectivity index (χ1n) is 7.26. The summed E-state index contributed by atoms with van der Waals surface area (Å²) in [5.41, 5.74) is 0.955. The minimum atomic E-state index is -3.81. The fraction of sp³-hybridized carbons (Fsp3) is 0.533. The van der Waals surface area contributed by atoms with Gasteiger partial charge in [0.1, 0.15) is 10.8 Å². The van der Waals surface area contributed by atoms with Gasteiger partial charge in [0.05, 0.1) is 26.9 Å². The van der Waals surface area contributed by atoms with Gasteiger partial charge >= 0.3 is 5.97 Å². The molecule has 1 saturated carbocycles. The summed E-state index contributed by atoms with van der Waals surface area (Å²) in [4.78, 5) is 11.4. The van der Waals surface area contributed by atoms with Crippen LogP contribution in [0, 0.1) is 0 Å². The first kappa shape index (κ1) is 17.9. The van der Waals surface area contributed by atoms with Crippen LogP contribution in [0.1, 0.15) is 18.4 Å². The quantitative estimate of drug-likeness (QED) is 0.621. The van der Waals surface area contributed by atoms with Crippen LogP contribution in [0.25, 0.3) is 0 Å². The fourth-order valence-electron chi connectivity index (χ4n) is 2.17. The molecule has 0 bridgehead atoms. The second-order valence-corrected chi connectivity index (χ2v) is 7.65. The van der Waals surface area contributed by atoms with Crippen molar-refractivity contribution in [2.75, 3.05) is 20.3 Å². The van der Waals surface area contributed by atoms with Crippen molar-refractivity contribution in [3.8, 4) is 0 Å². The Morgan fingerprint density at radius 3 is 2.52 bits per heavy atom. The molecular weight excluding hydrogens is 322 g/mol. The first-order valence-corrected chi connectivity index (χ1v) is 8.75. The number of nitrogens with one attached hydrogen (secondary N) is 1. The lowest BCUT2D eigenvalue weighted by Gasteiger charge is -2.20. The Bertz CT molecular complexity index is 627. The minimum Gasteiger partial charge on any atom is -0.468 e. The number of hydrogen-bond acceptors (Lipinski definition) is 6. The molecule has 1 aliphatic carbocycles. The normalized spacial score (nSPS) is 17.5. The third kappa shape index (κ3) is 4.29. The molecule has 7 nitrogen and oxygen atoms in total. The van der Waals surface area contributed by atoms with Crippen LogP contribution in [-0.4, -0.2) is 50.6 Å². The molecule has 8 heteroatoms. The molecule has 0 radical (unpaired) electrons. The van der Waals surface area contributed by atoms with Gasteiger partial charge in [0, 0.05) is 0 Å². The van der Waals surface area contributed by atoms with Crippen LogP contribution in [0.5, 0.6) is 0 Å². The zero-order valence-corrected chi connectivity index (χ0v) is 13.7. The monoisotopic (exact) mass is 343 g/mol. The van der Waals surface area contributed by atoms with Gasteiger partial charge in [-0.2, -0.15) is 4.72 Å². The van der Waals surface area contributed by atoms with Gasteiger partial charge in [-0.1, -0.05) is 30.3 Å². The van der Waals surface area contributed by atoms with Gasteiger partial charge < -0.3 is 14.6 Å². The van der Waals surface area contributed by atoms with Crippen molar-refractivity contribution in [1.29, 1.82) is 0 Å². The zero-order valence-electron chi connectivity index (χ0n) is 12.9. The van der Waals surface area contributed by atoms with E-state index in [2.05, 4.69) is 9.46 Å². The Labute approximate surface area is 135 Å². The Hall–Kier alpha value is -1.48. The topological polar surface area (TPSA) is 102 Å². The maximum Gasteiger partial charge on any atom is 0.326 e. The summed E-state index contributed by atoms with van der Waals surface area (Å²) in [7, 11) is -2.67. The number of rotatable bonds is 9.